The van der Waals surface area contributed by atoms with Crippen LogP contribution in [0.1, 0.15) is 56.9 Å². The minimum atomic E-state index is -1.06. The number of pyridine rings is 1. The number of anilines is 1. The first-order chi connectivity index (χ1) is 12.4. The van der Waals surface area contributed by atoms with Crippen molar-refractivity contribution in [3.8, 4) is 0 Å². The van der Waals surface area contributed by atoms with Crippen LogP contribution in [0, 0.1) is 5.92 Å². The van der Waals surface area contributed by atoms with E-state index in [1.54, 1.807) is 6.07 Å². The summed E-state index contributed by atoms with van der Waals surface area (Å²) in [6, 6.07) is 3.31. The first kappa shape index (κ1) is 20.2. The number of aromatic nitrogens is 1. The van der Waals surface area contributed by atoms with Crippen LogP contribution in [0.25, 0.3) is 0 Å². The number of nitrogens with zero attached hydrogens (tertiary/aromatic N) is 1. The van der Waals surface area contributed by atoms with Gasteiger partial charge >= 0.3 is 5.97 Å². The van der Waals surface area contributed by atoms with Gasteiger partial charge in [-0.05, 0) is 51.7 Å². The van der Waals surface area contributed by atoms with Crippen LogP contribution in [-0.4, -0.2) is 46.8 Å². The van der Waals surface area contributed by atoms with E-state index in [-0.39, 0.29) is 35.7 Å². The third-order valence-electron chi connectivity index (χ3n) is 4.46. The molecule has 0 aromatic carbocycles. The second-order valence-corrected chi connectivity index (χ2v) is 7.07. The fourth-order valence-corrected chi connectivity index (χ4v) is 3.26. The summed E-state index contributed by atoms with van der Waals surface area (Å²) in [5.41, 5.74) is 0.670. The molecule has 1 amide bonds. The number of carbonyl (C=O) groups is 2. The van der Waals surface area contributed by atoms with Crippen LogP contribution >= 0.6 is 0 Å². The van der Waals surface area contributed by atoms with Crippen LogP contribution in [0.4, 0.5) is 5.69 Å². The van der Waals surface area contributed by atoms with Gasteiger partial charge < -0.3 is 20.5 Å². The topological polar surface area (TPSA) is 101 Å². The highest BCUT2D eigenvalue weighted by Crippen LogP contribution is 2.29. The van der Waals surface area contributed by atoms with E-state index in [1.165, 1.54) is 12.3 Å². The van der Waals surface area contributed by atoms with E-state index in [2.05, 4.69) is 22.5 Å². The Bertz CT molecular complexity index is 621. The molecule has 1 aromatic rings. The van der Waals surface area contributed by atoms with Crippen LogP contribution in [0.15, 0.2) is 18.3 Å². The van der Waals surface area contributed by atoms with Crippen molar-refractivity contribution in [3.05, 3.63) is 24.0 Å². The molecule has 26 heavy (non-hydrogen) atoms. The molecule has 0 aliphatic heterocycles. The van der Waals surface area contributed by atoms with Gasteiger partial charge in [0, 0.05) is 30.5 Å². The summed E-state index contributed by atoms with van der Waals surface area (Å²) in [7, 11) is 0. The van der Waals surface area contributed by atoms with Crippen LogP contribution < -0.4 is 10.6 Å². The van der Waals surface area contributed by atoms with Gasteiger partial charge in [0.25, 0.3) is 0 Å². The van der Waals surface area contributed by atoms with Gasteiger partial charge in [0.05, 0.1) is 12.1 Å². The van der Waals surface area contributed by atoms with Crippen molar-refractivity contribution in [1.82, 2.24) is 10.3 Å². The fraction of sp³-hybridized carbons (Fsp3) is 0.632. The summed E-state index contributed by atoms with van der Waals surface area (Å²) in [5, 5.41) is 15.5. The van der Waals surface area contributed by atoms with Crippen molar-refractivity contribution >= 4 is 17.6 Å². The van der Waals surface area contributed by atoms with E-state index < -0.39 is 5.97 Å². The second kappa shape index (κ2) is 9.52. The summed E-state index contributed by atoms with van der Waals surface area (Å²) < 4.78 is 5.98. The van der Waals surface area contributed by atoms with Gasteiger partial charge in [-0.15, -0.1) is 0 Å². The molecule has 144 valence electrons. The van der Waals surface area contributed by atoms with E-state index in [0.29, 0.717) is 18.7 Å². The first-order valence-corrected chi connectivity index (χ1v) is 9.28. The maximum atomic E-state index is 12.4. The Kier molecular flexibility index (Phi) is 7.38. The molecule has 0 unspecified atom stereocenters. The normalized spacial score (nSPS) is 22.8. The highest BCUT2D eigenvalue weighted by Gasteiger charge is 2.34. The molecule has 1 saturated carbocycles. The lowest BCUT2D eigenvalue weighted by Crippen LogP contribution is -2.46. The Hall–Kier alpha value is -2.15. The van der Waals surface area contributed by atoms with Crippen molar-refractivity contribution in [3.63, 3.8) is 0 Å². The predicted octanol–water partition coefficient (Wildman–Crippen LogP) is 2.68. The quantitative estimate of drug-likeness (QED) is 0.656. The number of nitrogens with one attached hydrogen (secondary N) is 2. The Morgan fingerprint density at radius 2 is 2.15 bits per heavy atom. The Morgan fingerprint density at radius 1 is 1.38 bits per heavy atom. The standard InChI is InChI=1S/C19H29N3O4/c1-4-9-26-17-6-5-13(18(23)21-12(2)3)10-15(17)22-14-7-8-20-16(11-14)19(24)25/h7-8,11-13,15,17H,4-6,9-10H2,1-3H3,(H,20,22)(H,21,23)(H,24,25)/t13-,15+,17+/m0/s1. The molecule has 0 saturated heterocycles. The molecule has 7 heteroatoms. The molecule has 0 bridgehead atoms. The lowest BCUT2D eigenvalue weighted by molar-refractivity contribution is -0.127. The molecule has 1 aromatic heterocycles. The highest BCUT2D eigenvalue weighted by molar-refractivity contribution is 5.86. The van der Waals surface area contributed by atoms with Crippen molar-refractivity contribution in [2.75, 3.05) is 11.9 Å². The Morgan fingerprint density at radius 3 is 2.81 bits per heavy atom. The molecule has 0 spiro atoms. The number of ether oxygens (including phenoxy) is 1. The van der Waals surface area contributed by atoms with E-state index >= 15 is 0 Å². The number of amides is 1. The van der Waals surface area contributed by atoms with Gasteiger partial charge in [-0.2, -0.15) is 0 Å². The number of aromatic carboxylic acids is 1. The van der Waals surface area contributed by atoms with Crippen LogP contribution in [0.2, 0.25) is 0 Å². The minimum absolute atomic E-state index is 0.000469. The van der Waals surface area contributed by atoms with E-state index in [4.69, 9.17) is 9.84 Å². The molecule has 3 atom stereocenters. The molecular formula is C19H29N3O4. The number of rotatable bonds is 8. The zero-order valence-electron chi connectivity index (χ0n) is 15.7. The maximum absolute atomic E-state index is 12.4. The van der Waals surface area contributed by atoms with Gasteiger partial charge in [0.1, 0.15) is 5.69 Å². The second-order valence-electron chi connectivity index (χ2n) is 7.07. The molecule has 1 fully saturated rings. The number of hydrogen-bond acceptors (Lipinski definition) is 5. The molecule has 1 aliphatic carbocycles. The van der Waals surface area contributed by atoms with Gasteiger partial charge in [0.15, 0.2) is 0 Å². The van der Waals surface area contributed by atoms with E-state index in [0.717, 1.165) is 19.3 Å². The van der Waals surface area contributed by atoms with Gasteiger partial charge in [-0.1, -0.05) is 6.92 Å². The summed E-state index contributed by atoms with van der Waals surface area (Å²) in [4.78, 5) is 27.4. The molecule has 2 rings (SSSR count). The molecule has 0 radical (unpaired) electrons. The smallest absolute Gasteiger partial charge is 0.354 e. The molecule has 7 nitrogen and oxygen atoms in total. The van der Waals surface area contributed by atoms with Crippen molar-refractivity contribution in [2.45, 2.75) is 64.6 Å². The fourth-order valence-electron chi connectivity index (χ4n) is 3.26. The first-order valence-electron chi connectivity index (χ1n) is 9.28. The minimum Gasteiger partial charge on any atom is -0.477 e. The highest BCUT2D eigenvalue weighted by atomic mass is 16.5. The monoisotopic (exact) mass is 363 g/mol. The zero-order chi connectivity index (χ0) is 19.1. The lowest BCUT2D eigenvalue weighted by atomic mass is 9.82. The van der Waals surface area contributed by atoms with Gasteiger partial charge in [-0.25, -0.2) is 9.78 Å². The van der Waals surface area contributed by atoms with Crippen LogP contribution in [0.3, 0.4) is 0 Å². The third kappa shape index (κ3) is 5.69. The summed E-state index contributed by atoms with van der Waals surface area (Å²) >= 11 is 0. The average molecular weight is 363 g/mol. The van der Waals surface area contributed by atoms with E-state index in [1.807, 2.05) is 13.8 Å². The predicted molar refractivity (Wildman–Crippen MR) is 99.3 cm³/mol. The Balaban J connectivity index is 2.11. The van der Waals surface area contributed by atoms with E-state index in [9.17, 15) is 9.59 Å². The van der Waals surface area contributed by atoms with Crippen molar-refractivity contribution < 1.29 is 19.4 Å². The SMILES string of the molecule is CCCO[C@@H]1CC[C@H](C(=O)NC(C)C)C[C@H]1Nc1ccnc(C(=O)O)c1. The van der Waals surface area contributed by atoms with Crippen molar-refractivity contribution in [2.24, 2.45) is 5.92 Å². The van der Waals surface area contributed by atoms with Gasteiger partial charge in [0.2, 0.25) is 5.91 Å². The molecule has 1 heterocycles. The van der Waals surface area contributed by atoms with Gasteiger partial charge in [-0.3, -0.25) is 4.79 Å². The average Bonchev–Trinajstić information content (AvgIpc) is 2.60. The number of carboxylic acid groups (broad SMARTS) is 1. The number of carbonyl (C=O) groups excluding carboxylic acids is 1. The number of hydrogen-bond donors (Lipinski definition) is 3. The summed E-state index contributed by atoms with van der Waals surface area (Å²) in [6.07, 6.45) is 4.64. The lowest BCUT2D eigenvalue weighted by Gasteiger charge is -2.36. The summed E-state index contributed by atoms with van der Waals surface area (Å²) in [5.74, 6) is -1.07. The summed E-state index contributed by atoms with van der Waals surface area (Å²) in [6.45, 7) is 6.64. The molecular weight excluding hydrogens is 334 g/mol. The van der Waals surface area contributed by atoms with Crippen LogP contribution in [-0.2, 0) is 9.53 Å². The maximum Gasteiger partial charge on any atom is 0.354 e. The third-order valence-corrected chi connectivity index (χ3v) is 4.46. The van der Waals surface area contributed by atoms with Crippen molar-refractivity contribution in [1.29, 1.82) is 0 Å². The largest absolute Gasteiger partial charge is 0.477 e. The van der Waals surface area contributed by atoms with Crippen LogP contribution in [0.5, 0.6) is 0 Å². The number of carboxylic acids is 1. The molecule has 3 N–H and O–H groups in total. The zero-order valence-corrected chi connectivity index (χ0v) is 15.7. The molecule has 1 aliphatic rings. The Labute approximate surface area is 154 Å².